The summed E-state index contributed by atoms with van der Waals surface area (Å²) in [5, 5.41) is 3.77. The van der Waals surface area contributed by atoms with Gasteiger partial charge in [-0.25, -0.2) is 0 Å². The van der Waals surface area contributed by atoms with E-state index in [9.17, 15) is 0 Å². The molecule has 2 aliphatic heterocycles. The molecule has 1 aromatic rings. The number of methoxy groups -OCH3 is 1. The number of piperidine rings is 2. The average molecular weight is 302 g/mol. The van der Waals surface area contributed by atoms with Crippen LogP contribution in [0.2, 0.25) is 0 Å². The number of nitrogens with zero attached hydrogens (tertiary/aromatic N) is 1. The Balaban J connectivity index is 1.56. The normalized spacial score (nSPS) is 27.2. The lowest BCUT2D eigenvalue weighted by atomic mass is 9.83. The van der Waals surface area contributed by atoms with Gasteiger partial charge in [-0.05, 0) is 69.3 Å². The minimum absolute atomic E-state index is 0.383. The molecule has 2 aliphatic rings. The number of fused-ring (bicyclic) bond motifs is 1. The third-order valence-corrected chi connectivity index (χ3v) is 5.51. The van der Waals surface area contributed by atoms with Gasteiger partial charge in [-0.3, -0.25) is 0 Å². The largest absolute Gasteiger partial charge is 0.497 e. The van der Waals surface area contributed by atoms with Crippen molar-refractivity contribution in [3.05, 3.63) is 29.8 Å². The molecule has 3 atom stereocenters. The Morgan fingerprint density at radius 1 is 1.23 bits per heavy atom. The quantitative estimate of drug-likeness (QED) is 0.899. The highest BCUT2D eigenvalue weighted by atomic mass is 16.5. The van der Waals surface area contributed by atoms with Crippen molar-refractivity contribution in [2.45, 2.75) is 51.1 Å². The number of nitrogens with one attached hydrogen (secondary N) is 1. The Bertz CT molecular complexity index is 474. The van der Waals surface area contributed by atoms with Crippen molar-refractivity contribution in [3.8, 4) is 5.75 Å². The molecule has 0 unspecified atom stereocenters. The Kier molecular flexibility index (Phi) is 5.37. The van der Waals surface area contributed by atoms with E-state index in [4.69, 9.17) is 4.74 Å². The van der Waals surface area contributed by atoms with Gasteiger partial charge in [0.2, 0.25) is 0 Å². The van der Waals surface area contributed by atoms with Gasteiger partial charge in [-0.2, -0.15) is 0 Å². The zero-order valence-corrected chi connectivity index (χ0v) is 14.1. The second kappa shape index (κ2) is 7.47. The van der Waals surface area contributed by atoms with Gasteiger partial charge in [0.1, 0.15) is 5.75 Å². The number of hydrogen-bond donors (Lipinski definition) is 1. The molecule has 2 fully saturated rings. The number of ether oxygens (including phenoxy) is 1. The standard InChI is InChI=1S/C19H30N2O/c1-15(16-7-5-9-18(13-16)22-2)20-14-17-8-6-12-21-11-4-3-10-19(17)21/h5,7,9,13,15,17,19-20H,3-4,6,8,10-12,14H2,1-2H3/t15-,17+,19-/m1/s1. The zero-order chi connectivity index (χ0) is 15.4. The lowest BCUT2D eigenvalue weighted by molar-refractivity contribution is 0.0584. The van der Waals surface area contributed by atoms with Crippen LogP contribution in [0.4, 0.5) is 0 Å². The lowest BCUT2D eigenvalue weighted by Gasteiger charge is -2.44. The van der Waals surface area contributed by atoms with Gasteiger partial charge >= 0.3 is 0 Å². The number of rotatable bonds is 5. The molecule has 0 aliphatic carbocycles. The van der Waals surface area contributed by atoms with Gasteiger partial charge in [0.15, 0.2) is 0 Å². The van der Waals surface area contributed by atoms with Crippen LogP contribution in [0, 0.1) is 5.92 Å². The summed E-state index contributed by atoms with van der Waals surface area (Å²) in [5.41, 5.74) is 1.32. The highest BCUT2D eigenvalue weighted by molar-refractivity contribution is 5.30. The van der Waals surface area contributed by atoms with E-state index in [1.54, 1.807) is 7.11 Å². The summed E-state index contributed by atoms with van der Waals surface area (Å²) in [5.74, 6) is 1.77. The third-order valence-electron chi connectivity index (χ3n) is 5.51. The molecule has 0 aromatic heterocycles. The molecule has 22 heavy (non-hydrogen) atoms. The fraction of sp³-hybridized carbons (Fsp3) is 0.684. The summed E-state index contributed by atoms with van der Waals surface area (Å²) < 4.78 is 5.34. The minimum Gasteiger partial charge on any atom is -0.497 e. The Hall–Kier alpha value is -1.06. The van der Waals surface area contributed by atoms with Crippen LogP contribution in [-0.4, -0.2) is 37.7 Å². The van der Waals surface area contributed by atoms with Crippen LogP contribution in [0.15, 0.2) is 24.3 Å². The van der Waals surface area contributed by atoms with Crippen molar-refractivity contribution in [1.29, 1.82) is 0 Å². The van der Waals surface area contributed by atoms with Gasteiger partial charge in [0.05, 0.1) is 7.11 Å². The van der Waals surface area contributed by atoms with E-state index in [1.165, 1.54) is 50.8 Å². The Morgan fingerprint density at radius 3 is 2.95 bits per heavy atom. The zero-order valence-electron chi connectivity index (χ0n) is 14.1. The first-order valence-corrected chi connectivity index (χ1v) is 8.89. The average Bonchev–Trinajstić information content (AvgIpc) is 2.59. The molecule has 3 rings (SSSR count). The summed E-state index contributed by atoms with van der Waals surface area (Å²) >= 11 is 0. The van der Waals surface area contributed by atoms with E-state index in [-0.39, 0.29) is 0 Å². The predicted octanol–water partition coefficient (Wildman–Crippen LogP) is 3.61. The first-order valence-electron chi connectivity index (χ1n) is 8.89. The molecular formula is C19H30N2O. The summed E-state index contributed by atoms with van der Waals surface area (Å²) in [7, 11) is 1.73. The smallest absolute Gasteiger partial charge is 0.119 e. The molecule has 0 amide bonds. The van der Waals surface area contributed by atoms with E-state index in [1.807, 2.05) is 6.07 Å². The Morgan fingerprint density at radius 2 is 2.09 bits per heavy atom. The highest BCUT2D eigenvalue weighted by Crippen LogP contribution is 2.31. The van der Waals surface area contributed by atoms with Gasteiger partial charge in [0, 0.05) is 18.6 Å². The lowest BCUT2D eigenvalue weighted by Crippen LogP contribution is -2.50. The molecule has 0 bridgehead atoms. The molecule has 0 saturated carbocycles. The van der Waals surface area contributed by atoms with E-state index in [0.717, 1.165) is 24.3 Å². The molecule has 1 N–H and O–H groups in total. The summed E-state index contributed by atoms with van der Waals surface area (Å²) in [6.07, 6.45) is 6.98. The molecular weight excluding hydrogens is 272 g/mol. The van der Waals surface area contributed by atoms with Crippen molar-refractivity contribution >= 4 is 0 Å². The first kappa shape index (κ1) is 15.8. The van der Waals surface area contributed by atoms with Crippen molar-refractivity contribution in [2.75, 3.05) is 26.7 Å². The van der Waals surface area contributed by atoms with Gasteiger partial charge < -0.3 is 15.0 Å². The van der Waals surface area contributed by atoms with Crippen molar-refractivity contribution in [2.24, 2.45) is 5.92 Å². The van der Waals surface area contributed by atoms with Crippen LogP contribution >= 0.6 is 0 Å². The van der Waals surface area contributed by atoms with E-state index < -0.39 is 0 Å². The monoisotopic (exact) mass is 302 g/mol. The highest BCUT2D eigenvalue weighted by Gasteiger charge is 2.32. The topological polar surface area (TPSA) is 24.5 Å². The van der Waals surface area contributed by atoms with Crippen LogP contribution in [0.3, 0.4) is 0 Å². The fourth-order valence-corrected chi connectivity index (χ4v) is 4.17. The van der Waals surface area contributed by atoms with Crippen LogP contribution < -0.4 is 10.1 Å². The molecule has 2 saturated heterocycles. The molecule has 1 aromatic carbocycles. The van der Waals surface area contributed by atoms with Gasteiger partial charge in [0.25, 0.3) is 0 Å². The first-order chi connectivity index (χ1) is 10.8. The van der Waals surface area contributed by atoms with Crippen LogP contribution in [0.25, 0.3) is 0 Å². The van der Waals surface area contributed by atoms with Crippen molar-refractivity contribution in [1.82, 2.24) is 10.2 Å². The van der Waals surface area contributed by atoms with Gasteiger partial charge in [-0.15, -0.1) is 0 Å². The van der Waals surface area contributed by atoms with Gasteiger partial charge in [-0.1, -0.05) is 18.6 Å². The third kappa shape index (κ3) is 3.64. The molecule has 3 heteroatoms. The molecule has 0 spiro atoms. The Labute approximate surface area is 135 Å². The molecule has 2 heterocycles. The summed E-state index contributed by atoms with van der Waals surface area (Å²) in [6.45, 7) is 6.05. The van der Waals surface area contributed by atoms with Crippen molar-refractivity contribution < 1.29 is 4.74 Å². The number of hydrogen-bond acceptors (Lipinski definition) is 3. The van der Waals surface area contributed by atoms with E-state index >= 15 is 0 Å². The predicted molar refractivity (Wildman–Crippen MR) is 91.3 cm³/mol. The maximum Gasteiger partial charge on any atom is 0.119 e. The van der Waals surface area contributed by atoms with E-state index in [0.29, 0.717) is 6.04 Å². The minimum atomic E-state index is 0.383. The van der Waals surface area contributed by atoms with Crippen molar-refractivity contribution in [3.63, 3.8) is 0 Å². The van der Waals surface area contributed by atoms with Crippen LogP contribution in [0.1, 0.15) is 50.6 Å². The van der Waals surface area contributed by atoms with Crippen LogP contribution in [0.5, 0.6) is 5.75 Å². The van der Waals surface area contributed by atoms with Crippen LogP contribution in [-0.2, 0) is 0 Å². The summed E-state index contributed by atoms with van der Waals surface area (Å²) in [4.78, 5) is 2.75. The SMILES string of the molecule is COc1cccc([C@@H](C)NC[C@@H]2CCCN3CCCC[C@H]23)c1. The molecule has 0 radical (unpaired) electrons. The maximum atomic E-state index is 5.34. The summed E-state index contributed by atoms with van der Waals surface area (Å²) in [6, 6.07) is 9.63. The molecule has 3 nitrogen and oxygen atoms in total. The van der Waals surface area contributed by atoms with E-state index in [2.05, 4.69) is 35.3 Å². The fourth-order valence-electron chi connectivity index (χ4n) is 4.17. The second-order valence-electron chi connectivity index (χ2n) is 6.91. The maximum absolute atomic E-state index is 5.34. The molecule has 122 valence electrons. The number of benzene rings is 1. The second-order valence-corrected chi connectivity index (χ2v) is 6.91.